The fraction of sp³-hybridized carbons (Fsp3) is 1.00. The van der Waals surface area contributed by atoms with Crippen LogP contribution in [0.4, 0.5) is 0 Å². The van der Waals surface area contributed by atoms with Crippen molar-refractivity contribution in [2.75, 3.05) is 6.61 Å². The largest absolute Gasteiger partial charge is 1.00 e. The van der Waals surface area contributed by atoms with Crippen LogP contribution in [0, 0.1) is 0 Å². The summed E-state index contributed by atoms with van der Waals surface area (Å²) < 4.78 is 26.2. The summed E-state index contributed by atoms with van der Waals surface area (Å²) in [7, 11) is -10.7. The van der Waals surface area contributed by atoms with Gasteiger partial charge in [-0.05, 0) is 14.0 Å². The average Bonchev–Trinajstić information content (AvgIpc) is 2.53. The van der Waals surface area contributed by atoms with Crippen molar-refractivity contribution in [3.63, 3.8) is 0 Å². The molecule has 1 N–H and O–H groups in total. The molecular weight excluding hydrogens is 483 g/mol. The predicted octanol–water partition coefficient (Wildman–Crippen LogP) is -6.15. The first-order valence-electron chi connectivity index (χ1n) is 9.37. The fourth-order valence-corrected chi connectivity index (χ4v) is 4.65. The Labute approximate surface area is 298 Å². The monoisotopic (exact) mass is 516 g/mol. The van der Waals surface area contributed by atoms with Crippen LogP contribution in [0.3, 0.4) is 0 Å². The van der Waals surface area contributed by atoms with E-state index in [1.165, 1.54) is 51.4 Å². The maximum Gasteiger partial charge on any atom is 1.00 e. The molecule has 0 aliphatic rings. The van der Waals surface area contributed by atoms with Crippen molar-refractivity contribution >= 4 is 15.2 Å². The van der Waals surface area contributed by atoms with Gasteiger partial charge in [0.05, 0.1) is 6.61 Å². The van der Waals surface area contributed by atoms with E-state index in [1.807, 2.05) is 0 Å². The Bertz CT molecular complexity index is 425. The molecule has 152 valence electrons. The second-order valence-electron chi connectivity index (χ2n) is 6.50. The molecule has 0 aromatic rings. The van der Waals surface area contributed by atoms with Crippen LogP contribution < -0.4 is 169 Å². The zero-order valence-electron chi connectivity index (χ0n) is 18.3. The average molecular weight is 517 g/mol. The molecule has 0 spiro atoms. The standard InChI is InChI=1S/C16H36O7P2.3K/c1-2-3-4-5-6-7-8-9-10-11-12-13-14-15-23-25(21,22)16(17)24(18,19)20;;;/h16-17H,2-15H2,1H3,(H,21,22)(H2,18,19,20);;;/q;3*+1/p-3. The molecule has 0 aromatic heterocycles. The molecule has 0 bridgehead atoms. The number of rotatable bonds is 17. The minimum atomic E-state index is -5.61. The zero-order chi connectivity index (χ0) is 19.2. The maximum absolute atomic E-state index is 11.3. The molecular formula is C16H33K3O7P2. The first kappa shape index (κ1) is 40.3. The molecule has 0 saturated carbocycles. The SMILES string of the molecule is CCCCCCCCCCCCCCCOP(=O)([O-])C(O)P(=O)([O-])[O-].[K+].[K+].[K+]. The van der Waals surface area contributed by atoms with E-state index in [4.69, 9.17) is 5.11 Å². The molecule has 0 aliphatic carbocycles. The molecule has 0 heterocycles. The smallest absolute Gasteiger partial charge is 0.809 e. The van der Waals surface area contributed by atoms with Gasteiger partial charge in [-0.2, -0.15) is 0 Å². The van der Waals surface area contributed by atoms with Crippen molar-refractivity contribution in [3.8, 4) is 0 Å². The van der Waals surface area contributed by atoms with Gasteiger partial charge in [0.1, 0.15) is 5.59 Å². The Hall–Kier alpha value is 5.17. The van der Waals surface area contributed by atoms with Crippen LogP contribution in [0.2, 0.25) is 0 Å². The van der Waals surface area contributed by atoms with Crippen LogP contribution in [0.1, 0.15) is 90.4 Å². The van der Waals surface area contributed by atoms with Gasteiger partial charge in [0.25, 0.3) is 0 Å². The third-order valence-corrected chi connectivity index (χ3v) is 7.46. The molecule has 0 rings (SSSR count). The van der Waals surface area contributed by atoms with E-state index in [2.05, 4.69) is 11.4 Å². The van der Waals surface area contributed by atoms with Crippen molar-refractivity contribution in [1.82, 2.24) is 0 Å². The number of hydrogen-bond acceptors (Lipinski definition) is 7. The molecule has 2 atom stereocenters. The molecule has 12 heteroatoms. The van der Waals surface area contributed by atoms with E-state index >= 15 is 0 Å². The van der Waals surface area contributed by atoms with Gasteiger partial charge in [-0.3, -0.25) is 0 Å². The molecule has 0 radical (unpaired) electrons. The van der Waals surface area contributed by atoms with Crippen LogP contribution in [0.25, 0.3) is 0 Å². The first-order chi connectivity index (χ1) is 11.7. The van der Waals surface area contributed by atoms with E-state index in [9.17, 15) is 23.8 Å². The minimum Gasteiger partial charge on any atom is -0.809 e. The molecule has 28 heavy (non-hydrogen) atoms. The van der Waals surface area contributed by atoms with E-state index in [0.29, 0.717) is 6.42 Å². The Morgan fingerprint density at radius 2 is 1.04 bits per heavy atom. The van der Waals surface area contributed by atoms with Crippen LogP contribution in [0.5, 0.6) is 0 Å². The van der Waals surface area contributed by atoms with Crippen molar-refractivity contribution < 1.29 is 188 Å². The third-order valence-electron chi connectivity index (χ3n) is 4.08. The molecule has 0 aliphatic heterocycles. The molecule has 0 saturated heterocycles. The van der Waals surface area contributed by atoms with Gasteiger partial charge in [-0.1, -0.05) is 84.0 Å². The second kappa shape index (κ2) is 25.3. The van der Waals surface area contributed by atoms with Crippen molar-refractivity contribution in [2.45, 2.75) is 96.0 Å². The van der Waals surface area contributed by atoms with E-state index in [1.54, 1.807) is 0 Å². The maximum atomic E-state index is 11.3. The quantitative estimate of drug-likeness (QED) is 0.116. The summed E-state index contributed by atoms with van der Waals surface area (Å²) in [4.78, 5) is 32.3. The van der Waals surface area contributed by atoms with Gasteiger partial charge in [-0.15, -0.1) is 0 Å². The van der Waals surface area contributed by atoms with Gasteiger partial charge in [-0.25, -0.2) is 0 Å². The normalized spacial score (nSPS) is 14.2. The fourth-order valence-electron chi connectivity index (χ4n) is 2.55. The van der Waals surface area contributed by atoms with Crippen molar-refractivity contribution in [3.05, 3.63) is 0 Å². The molecule has 0 aromatic carbocycles. The first-order valence-corrected chi connectivity index (χ1v) is 12.6. The molecule has 7 nitrogen and oxygen atoms in total. The minimum absolute atomic E-state index is 0. The summed E-state index contributed by atoms with van der Waals surface area (Å²) in [5, 5.41) is 8.93. The Balaban J connectivity index is -0.000000960. The second-order valence-corrected chi connectivity index (χ2v) is 10.3. The third kappa shape index (κ3) is 24.3. The van der Waals surface area contributed by atoms with E-state index < -0.39 is 20.8 Å². The van der Waals surface area contributed by atoms with Crippen molar-refractivity contribution in [1.29, 1.82) is 0 Å². The molecule has 0 amide bonds. The van der Waals surface area contributed by atoms with Crippen molar-refractivity contribution in [2.24, 2.45) is 0 Å². The van der Waals surface area contributed by atoms with Gasteiger partial charge in [0.15, 0.2) is 7.60 Å². The summed E-state index contributed by atoms with van der Waals surface area (Å²) in [6, 6.07) is 0. The zero-order valence-corrected chi connectivity index (χ0v) is 29.4. The summed E-state index contributed by atoms with van der Waals surface area (Å²) in [6.45, 7) is 2.00. The van der Waals surface area contributed by atoms with Gasteiger partial charge in [0.2, 0.25) is 0 Å². The van der Waals surface area contributed by atoms with E-state index in [-0.39, 0.29) is 161 Å². The van der Waals surface area contributed by atoms with Crippen LogP contribution >= 0.6 is 15.2 Å². The van der Waals surface area contributed by atoms with E-state index in [0.717, 1.165) is 25.7 Å². The number of hydrogen-bond donors (Lipinski definition) is 1. The Morgan fingerprint density at radius 1 is 0.714 bits per heavy atom. The van der Waals surface area contributed by atoms with Gasteiger partial charge >= 0.3 is 154 Å². The Kier molecular flexibility index (Phi) is 36.4. The topological polar surface area (TPSA) is 133 Å². The predicted molar refractivity (Wildman–Crippen MR) is 92.9 cm³/mol. The number of unbranched alkanes of at least 4 members (excludes halogenated alkanes) is 12. The van der Waals surface area contributed by atoms with Gasteiger partial charge < -0.3 is 33.4 Å². The van der Waals surface area contributed by atoms with Crippen LogP contribution in [-0.2, 0) is 13.7 Å². The summed E-state index contributed by atoms with van der Waals surface area (Å²) in [6.07, 6.45) is 14.8. The summed E-state index contributed by atoms with van der Waals surface area (Å²) in [5.74, 6) is 0. The van der Waals surface area contributed by atoms with Gasteiger partial charge in [0, 0.05) is 0 Å². The number of aliphatic hydroxyl groups is 1. The van der Waals surface area contributed by atoms with Crippen LogP contribution in [-0.4, -0.2) is 17.3 Å². The molecule has 2 unspecified atom stereocenters. The number of aliphatic hydroxyl groups excluding tert-OH is 1. The summed E-state index contributed by atoms with van der Waals surface area (Å²) >= 11 is 0. The van der Waals surface area contributed by atoms with Crippen LogP contribution in [0.15, 0.2) is 0 Å². The summed E-state index contributed by atoms with van der Waals surface area (Å²) in [5.41, 5.74) is -3.00. The molecule has 0 fully saturated rings. The Morgan fingerprint density at radius 3 is 1.36 bits per heavy atom.